The summed E-state index contributed by atoms with van der Waals surface area (Å²) in [5.41, 5.74) is 9.72. The van der Waals surface area contributed by atoms with Crippen molar-refractivity contribution in [3.63, 3.8) is 0 Å². The van der Waals surface area contributed by atoms with E-state index in [4.69, 9.17) is 10.5 Å². The number of benzene rings is 2. The highest BCUT2D eigenvalue weighted by Crippen LogP contribution is 2.32. The summed E-state index contributed by atoms with van der Waals surface area (Å²) in [6, 6.07) is 14.1. The Morgan fingerprint density at radius 3 is 2.32 bits per heavy atom. The molecule has 2 aromatic heterocycles. The van der Waals surface area contributed by atoms with Crippen molar-refractivity contribution < 1.29 is 19.1 Å². The predicted molar refractivity (Wildman–Crippen MR) is 188 cm³/mol. The van der Waals surface area contributed by atoms with Crippen molar-refractivity contribution in [2.24, 2.45) is 17.6 Å². The molecule has 50 heavy (non-hydrogen) atoms. The third-order valence-corrected chi connectivity index (χ3v) is 8.90. The summed E-state index contributed by atoms with van der Waals surface area (Å²) in [7, 11) is 0. The number of aromatic nitrogens is 6. The van der Waals surface area contributed by atoms with Crippen LogP contribution < -0.4 is 21.3 Å². The number of hydrogen-bond donors (Lipinski definition) is 4. The second-order valence-electron chi connectivity index (χ2n) is 14.1. The quantitative estimate of drug-likeness (QED) is 0.172. The van der Waals surface area contributed by atoms with E-state index in [1.165, 1.54) is 4.90 Å². The number of rotatable bonds is 11. The second-order valence-corrected chi connectivity index (χ2v) is 14.1. The van der Waals surface area contributed by atoms with E-state index in [1.807, 2.05) is 45.0 Å². The number of hydrogen-bond acceptors (Lipinski definition) is 11. The fourth-order valence-electron chi connectivity index (χ4n) is 6.09. The van der Waals surface area contributed by atoms with Gasteiger partial charge in [-0.25, -0.2) is 19.7 Å². The number of carbonyl (C=O) groups excluding carboxylic acids is 3. The molecule has 0 saturated heterocycles. The molecule has 2 saturated carbocycles. The van der Waals surface area contributed by atoms with Crippen molar-refractivity contribution in [2.75, 3.05) is 16.8 Å². The van der Waals surface area contributed by atoms with Gasteiger partial charge in [-0.05, 0) is 112 Å². The Bertz CT molecular complexity index is 1760. The first kappa shape index (κ1) is 34.6. The number of H-pyrrole nitrogens is 1. The molecule has 2 aliphatic rings. The molecule has 0 bridgehead atoms. The normalized spacial score (nSPS) is 18.2. The van der Waals surface area contributed by atoms with Crippen molar-refractivity contribution in [1.82, 2.24) is 35.9 Å². The number of nitrogens with one attached hydrogen (secondary N) is 3. The Labute approximate surface area is 291 Å². The molecular weight excluding hydrogens is 636 g/mol. The van der Waals surface area contributed by atoms with E-state index in [0.29, 0.717) is 48.5 Å². The first-order valence-corrected chi connectivity index (χ1v) is 17.1. The molecule has 14 nitrogen and oxygen atoms in total. The minimum Gasteiger partial charge on any atom is -0.444 e. The molecule has 0 radical (unpaired) electrons. The fourth-order valence-corrected chi connectivity index (χ4v) is 6.09. The van der Waals surface area contributed by atoms with Crippen molar-refractivity contribution in [3.8, 4) is 22.5 Å². The fraction of sp³-hybridized carbons (Fsp3) is 0.444. The number of ether oxygens (including phenoxy) is 1. The molecule has 5 N–H and O–H groups in total. The van der Waals surface area contributed by atoms with Gasteiger partial charge < -0.3 is 21.1 Å². The van der Waals surface area contributed by atoms with Crippen molar-refractivity contribution in [1.29, 1.82) is 0 Å². The van der Waals surface area contributed by atoms with Gasteiger partial charge in [0.1, 0.15) is 5.60 Å². The molecule has 14 heteroatoms. The number of anilines is 2. The zero-order valence-corrected chi connectivity index (χ0v) is 28.6. The standard InChI is InChI=1S/C36H44N10O4/c1-36(2,3)50-35(49)40-19-22-7-9-25(10-8-22)32(47)46(29-15-11-24(12-16-29)31-42-44-45-43-31)33(48)30(37)18-23-5-4-6-26(17-23)27-20-38-34(39-21-27)41-28-13-14-28/h4-6,11-12,15-17,20-22,25,28,30H,7-10,13-14,18-19,37H2,1-3H3,(H,40,49)(H,38,39,41)(H,42,43,44,45)/t22?,25?,30-/m0/s1. The lowest BCUT2D eigenvalue weighted by atomic mass is 9.81. The molecule has 0 unspecified atom stereocenters. The van der Waals surface area contributed by atoms with Crippen LogP contribution in [-0.2, 0) is 20.7 Å². The van der Waals surface area contributed by atoms with Crippen LogP contribution in [0.25, 0.3) is 22.5 Å². The number of carbonyl (C=O) groups is 3. The molecule has 0 spiro atoms. The molecular formula is C36H44N10O4. The lowest BCUT2D eigenvalue weighted by molar-refractivity contribution is -0.130. The summed E-state index contributed by atoms with van der Waals surface area (Å²) in [5, 5.41) is 20.2. The van der Waals surface area contributed by atoms with E-state index in [2.05, 4.69) is 41.2 Å². The molecule has 2 fully saturated rings. The Morgan fingerprint density at radius 1 is 0.960 bits per heavy atom. The van der Waals surface area contributed by atoms with Gasteiger partial charge in [0.2, 0.25) is 17.7 Å². The highest BCUT2D eigenvalue weighted by Gasteiger charge is 2.35. The smallest absolute Gasteiger partial charge is 0.407 e. The molecule has 1 atom stereocenters. The number of nitrogens with two attached hydrogens (primary N) is 1. The third-order valence-electron chi connectivity index (χ3n) is 8.90. The van der Waals surface area contributed by atoms with Gasteiger partial charge in [-0.2, -0.15) is 5.21 Å². The molecule has 0 aliphatic heterocycles. The van der Waals surface area contributed by atoms with Crippen LogP contribution in [-0.4, -0.2) is 72.7 Å². The van der Waals surface area contributed by atoms with Gasteiger partial charge in [0.25, 0.3) is 5.91 Å². The van der Waals surface area contributed by atoms with Crippen molar-refractivity contribution in [3.05, 3.63) is 66.5 Å². The van der Waals surface area contributed by atoms with Crippen molar-refractivity contribution >= 4 is 29.5 Å². The zero-order chi connectivity index (χ0) is 35.3. The minimum atomic E-state index is -0.984. The predicted octanol–water partition coefficient (Wildman–Crippen LogP) is 4.66. The van der Waals surface area contributed by atoms with Crippen LogP contribution >= 0.6 is 0 Å². The van der Waals surface area contributed by atoms with Gasteiger partial charge in [-0.1, -0.05) is 24.3 Å². The molecule has 2 aromatic carbocycles. The maximum atomic E-state index is 14.2. The average Bonchev–Trinajstić information content (AvgIpc) is 3.75. The van der Waals surface area contributed by atoms with E-state index >= 15 is 0 Å². The van der Waals surface area contributed by atoms with E-state index in [1.54, 1.807) is 36.7 Å². The number of imide groups is 1. The Morgan fingerprint density at radius 2 is 1.68 bits per heavy atom. The van der Waals surface area contributed by atoms with Crippen LogP contribution in [0.15, 0.2) is 60.9 Å². The molecule has 4 aromatic rings. The minimum absolute atomic E-state index is 0.204. The summed E-state index contributed by atoms with van der Waals surface area (Å²) >= 11 is 0. The zero-order valence-electron chi connectivity index (χ0n) is 28.6. The topological polar surface area (TPSA) is 194 Å². The third kappa shape index (κ3) is 9.05. The first-order chi connectivity index (χ1) is 24.0. The van der Waals surface area contributed by atoms with Gasteiger partial charge in [-0.15, -0.1) is 10.2 Å². The van der Waals surface area contributed by atoms with E-state index in [9.17, 15) is 14.4 Å². The Kier molecular flexibility index (Phi) is 10.5. The molecule has 3 amide bonds. The van der Waals surface area contributed by atoms with Gasteiger partial charge >= 0.3 is 6.09 Å². The summed E-state index contributed by atoms with van der Waals surface area (Å²) in [6.45, 7) is 5.93. The number of aromatic amines is 1. The Hall–Kier alpha value is -5.24. The van der Waals surface area contributed by atoms with Crippen LogP contribution in [0.4, 0.5) is 16.4 Å². The van der Waals surface area contributed by atoms with E-state index < -0.39 is 23.6 Å². The Balaban J connectivity index is 1.14. The summed E-state index contributed by atoms with van der Waals surface area (Å²) in [5.74, 6) is 0.0652. The number of tetrazole rings is 1. The molecule has 2 aliphatic carbocycles. The van der Waals surface area contributed by atoms with Crippen LogP contribution in [0.2, 0.25) is 0 Å². The maximum Gasteiger partial charge on any atom is 0.407 e. The molecule has 262 valence electrons. The van der Waals surface area contributed by atoms with Gasteiger partial charge in [0, 0.05) is 42.0 Å². The lowest BCUT2D eigenvalue weighted by Crippen LogP contribution is -2.50. The van der Waals surface area contributed by atoms with E-state index in [0.717, 1.165) is 42.4 Å². The average molecular weight is 681 g/mol. The summed E-state index contributed by atoms with van der Waals surface area (Å²) in [4.78, 5) is 50.6. The van der Waals surface area contributed by atoms with Crippen LogP contribution in [0.3, 0.4) is 0 Å². The monoisotopic (exact) mass is 680 g/mol. The highest BCUT2D eigenvalue weighted by atomic mass is 16.6. The van der Waals surface area contributed by atoms with Gasteiger partial charge in [0.15, 0.2) is 0 Å². The molecule has 6 rings (SSSR count). The van der Waals surface area contributed by atoms with Crippen LogP contribution in [0.1, 0.15) is 64.9 Å². The van der Waals surface area contributed by atoms with Gasteiger partial charge in [0.05, 0.1) is 11.7 Å². The summed E-state index contributed by atoms with van der Waals surface area (Å²) in [6.07, 6.45) is 8.22. The maximum absolute atomic E-state index is 14.2. The van der Waals surface area contributed by atoms with E-state index in [-0.39, 0.29) is 24.2 Å². The van der Waals surface area contributed by atoms with Crippen molar-refractivity contribution in [2.45, 2.75) is 83.4 Å². The SMILES string of the molecule is CC(C)(C)OC(=O)NCC1CCC(C(=O)N(C(=O)[C@@H](N)Cc2cccc(-c3cnc(NC4CC4)nc3)c2)c2ccc(-c3nn[nH]n3)cc2)CC1. The summed E-state index contributed by atoms with van der Waals surface area (Å²) < 4.78 is 5.36. The molecule has 2 heterocycles. The van der Waals surface area contributed by atoms with Crippen LogP contribution in [0.5, 0.6) is 0 Å². The van der Waals surface area contributed by atoms with Crippen LogP contribution in [0, 0.1) is 11.8 Å². The first-order valence-electron chi connectivity index (χ1n) is 17.1. The highest BCUT2D eigenvalue weighted by molar-refractivity contribution is 6.17. The second kappa shape index (κ2) is 15.1. The number of amides is 3. The van der Waals surface area contributed by atoms with Gasteiger partial charge in [-0.3, -0.25) is 9.59 Å². The lowest BCUT2D eigenvalue weighted by Gasteiger charge is -2.32. The number of nitrogens with zero attached hydrogens (tertiary/aromatic N) is 6. The number of alkyl carbamates (subject to hydrolysis) is 1. The largest absolute Gasteiger partial charge is 0.444 e.